The number of carbonyl (C=O) groups is 2. The highest BCUT2D eigenvalue weighted by Crippen LogP contribution is 2.30. The minimum atomic E-state index is -3.33. The molecule has 0 bridgehead atoms. The summed E-state index contributed by atoms with van der Waals surface area (Å²) in [5, 5.41) is 0.232. The molecule has 1 aromatic rings. The summed E-state index contributed by atoms with van der Waals surface area (Å²) < 4.78 is 30.9. The number of rotatable bonds is 4. The first-order chi connectivity index (χ1) is 13.3. The zero-order chi connectivity index (χ0) is 20.3. The molecule has 7 nitrogen and oxygen atoms in total. The lowest BCUT2D eigenvalue weighted by atomic mass is 9.96. The molecule has 2 aliphatic heterocycles. The van der Waals surface area contributed by atoms with Gasteiger partial charge >= 0.3 is 5.97 Å². The lowest BCUT2D eigenvalue weighted by Gasteiger charge is -2.31. The number of ether oxygens (including phenoxy) is 1. The highest BCUT2D eigenvalue weighted by molar-refractivity contribution is 7.92. The zero-order valence-corrected chi connectivity index (χ0v) is 17.5. The topological polar surface area (TPSA) is 84.0 Å². The highest BCUT2D eigenvalue weighted by atomic mass is 35.5. The molecule has 9 heteroatoms. The molecule has 0 aromatic heterocycles. The first-order valence-corrected chi connectivity index (χ1v) is 11.6. The second-order valence-electron chi connectivity index (χ2n) is 7.08. The Balaban J connectivity index is 1.69. The summed E-state index contributed by atoms with van der Waals surface area (Å²) in [6.45, 7) is 3.47. The number of anilines is 1. The smallest absolute Gasteiger partial charge is 0.309 e. The number of hydrogen-bond acceptors (Lipinski definition) is 5. The number of piperidine rings is 1. The van der Waals surface area contributed by atoms with Crippen molar-refractivity contribution < 1.29 is 22.7 Å². The van der Waals surface area contributed by atoms with Crippen molar-refractivity contribution in [3.05, 3.63) is 28.8 Å². The number of carbonyl (C=O) groups excluding carboxylic acids is 2. The van der Waals surface area contributed by atoms with Crippen LogP contribution in [0.5, 0.6) is 0 Å². The molecule has 2 saturated heterocycles. The SMILES string of the molecule is CCOC(=O)C1CCN(C(=O)c2ccc(N3CCCCS3(=O)=O)cc2Cl)CC1. The molecule has 0 unspecified atom stereocenters. The molecule has 2 fully saturated rings. The lowest BCUT2D eigenvalue weighted by molar-refractivity contribution is -0.149. The van der Waals surface area contributed by atoms with Crippen molar-refractivity contribution in [1.29, 1.82) is 0 Å². The monoisotopic (exact) mass is 428 g/mol. The molecular formula is C19H25ClN2O5S. The summed E-state index contributed by atoms with van der Waals surface area (Å²) in [7, 11) is -3.33. The molecule has 0 saturated carbocycles. The van der Waals surface area contributed by atoms with E-state index in [4.69, 9.17) is 16.3 Å². The number of nitrogens with zero attached hydrogens (tertiary/aromatic N) is 2. The quantitative estimate of drug-likeness (QED) is 0.688. The van der Waals surface area contributed by atoms with Crippen LogP contribution in [0.2, 0.25) is 5.02 Å². The van der Waals surface area contributed by atoms with Gasteiger partial charge in [0.2, 0.25) is 10.0 Å². The Morgan fingerprint density at radius 1 is 1.18 bits per heavy atom. The van der Waals surface area contributed by atoms with Crippen LogP contribution in [-0.4, -0.2) is 57.2 Å². The first-order valence-electron chi connectivity index (χ1n) is 9.59. The highest BCUT2D eigenvalue weighted by Gasteiger charge is 2.30. The Morgan fingerprint density at radius 3 is 2.50 bits per heavy atom. The number of likely N-dealkylation sites (tertiary alicyclic amines) is 1. The normalized spacial score (nSPS) is 20.1. The lowest BCUT2D eigenvalue weighted by Crippen LogP contribution is -2.41. The molecule has 0 atom stereocenters. The van der Waals surface area contributed by atoms with Crippen molar-refractivity contribution in [2.24, 2.45) is 5.92 Å². The van der Waals surface area contributed by atoms with Crippen molar-refractivity contribution in [3.8, 4) is 0 Å². The maximum atomic E-state index is 12.8. The third-order valence-electron chi connectivity index (χ3n) is 5.22. The molecule has 154 valence electrons. The summed E-state index contributed by atoms with van der Waals surface area (Å²) in [4.78, 5) is 26.3. The molecule has 2 aliphatic rings. The van der Waals surface area contributed by atoms with Crippen LogP contribution >= 0.6 is 11.6 Å². The Hall–Kier alpha value is -1.80. The number of esters is 1. The summed E-state index contributed by atoms with van der Waals surface area (Å²) in [6.07, 6.45) is 2.58. The van der Waals surface area contributed by atoms with Crippen LogP contribution in [0.1, 0.15) is 43.0 Å². The molecule has 0 N–H and O–H groups in total. The number of hydrogen-bond donors (Lipinski definition) is 0. The second kappa shape index (κ2) is 8.69. The zero-order valence-electron chi connectivity index (χ0n) is 15.9. The molecule has 3 rings (SSSR count). The first kappa shape index (κ1) is 20.9. The van der Waals surface area contributed by atoms with Crippen LogP contribution in [0.3, 0.4) is 0 Å². The van der Waals surface area contributed by atoms with Crippen molar-refractivity contribution in [3.63, 3.8) is 0 Å². The fourth-order valence-electron chi connectivity index (χ4n) is 3.66. The largest absolute Gasteiger partial charge is 0.466 e. The van der Waals surface area contributed by atoms with Gasteiger partial charge in [0.25, 0.3) is 5.91 Å². The van der Waals surface area contributed by atoms with Crippen LogP contribution in [0.25, 0.3) is 0 Å². The maximum absolute atomic E-state index is 12.8. The van der Waals surface area contributed by atoms with Crippen molar-refractivity contribution in [2.75, 3.05) is 36.3 Å². The van der Waals surface area contributed by atoms with Gasteiger partial charge in [-0.25, -0.2) is 8.42 Å². The molecule has 0 aliphatic carbocycles. The van der Waals surface area contributed by atoms with Gasteiger partial charge in [-0.3, -0.25) is 13.9 Å². The van der Waals surface area contributed by atoms with Gasteiger partial charge in [0, 0.05) is 19.6 Å². The molecule has 1 aromatic carbocycles. The van der Waals surface area contributed by atoms with Crippen molar-refractivity contribution in [2.45, 2.75) is 32.6 Å². The second-order valence-corrected chi connectivity index (χ2v) is 9.50. The van der Waals surface area contributed by atoms with E-state index >= 15 is 0 Å². The van der Waals surface area contributed by atoms with Crippen LogP contribution in [-0.2, 0) is 19.6 Å². The van der Waals surface area contributed by atoms with Gasteiger partial charge in [-0.05, 0) is 50.8 Å². The van der Waals surface area contributed by atoms with E-state index in [0.717, 1.165) is 6.42 Å². The van der Waals surface area contributed by atoms with Crippen LogP contribution in [0, 0.1) is 5.92 Å². The van der Waals surface area contributed by atoms with E-state index in [2.05, 4.69) is 0 Å². The fraction of sp³-hybridized carbons (Fsp3) is 0.579. The Bertz CT molecular complexity index is 850. The molecule has 28 heavy (non-hydrogen) atoms. The van der Waals surface area contributed by atoms with E-state index in [0.29, 0.717) is 56.8 Å². The average Bonchev–Trinajstić information content (AvgIpc) is 2.67. The van der Waals surface area contributed by atoms with E-state index in [1.165, 1.54) is 4.31 Å². The van der Waals surface area contributed by atoms with Crippen molar-refractivity contribution >= 4 is 39.2 Å². The van der Waals surface area contributed by atoms with Gasteiger partial charge in [-0.1, -0.05) is 11.6 Å². The van der Waals surface area contributed by atoms with Crippen LogP contribution in [0.4, 0.5) is 5.69 Å². The van der Waals surface area contributed by atoms with Gasteiger partial charge < -0.3 is 9.64 Å². The number of benzene rings is 1. The predicted octanol–water partition coefficient (Wildman–Crippen LogP) is 2.69. The Labute approximate surface area is 170 Å². The van der Waals surface area contributed by atoms with E-state index in [1.807, 2.05) is 0 Å². The van der Waals surface area contributed by atoms with Gasteiger partial charge in [0.15, 0.2) is 0 Å². The molecule has 2 heterocycles. The van der Waals surface area contributed by atoms with Gasteiger partial charge in [-0.2, -0.15) is 0 Å². The van der Waals surface area contributed by atoms with E-state index in [-0.39, 0.29) is 28.6 Å². The van der Waals surface area contributed by atoms with Crippen molar-refractivity contribution in [1.82, 2.24) is 4.90 Å². The minimum Gasteiger partial charge on any atom is -0.466 e. The van der Waals surface area contributed by atoms with Gasteiger partial charge in [-0.15, -0.1) is 0 Å². The summed E-state index contributed by atoms with van der Waals surface area (Å²) in [6, 6.07) is 4.76. The summed E-state index contributed by atoms with van der Waals surface area (Å²) in [5.74, 6) is -0.466. The maximum Gasteiger partial charge on any atom is 0.309 e. The standard InChI is InChI=1S/C19H25ClN2O5S/c1-2-27-19(24)14-7-10-21(11-8-14)18(23)16-6-5-15(13-17(16)20)22-9-3-4-12-28(22,25)26/h5-6,13-14H,2-4,7-12H2,1H3. The van der Waals surface area contributed by atoms with Crippen LogP contribution < -0.4 is 4.31 Å². The van der Waals surface area contributed by atoms with E-state index in [1.54, 1.807) is 30.0 Å². The molecular weight excluding hydrogens is 404 g/mol. The number of amides is 1. The molecule has 0 radical (unpaired) electrons. The third-order valence-corrected chi connectivity index (χ3v) is 7.40. The van der Waals surface area contributed by atoms with Crippen LogP contribution in [0.15, 0.2) is 18.2 Å². The number of sulfonamides is 1. The van der Waals surface area contributed by atoms with E-state index in [9.17, 15) is 18.0 Å². The summed E-state index contributed by atoms with van der Waals surface area (Å²) >= 11 is 6.33. The molecule has 0 spiro atoms. The predicted molar refractivity (Wildman–Crippen MR) is 107 cm³/mol. The molecule has 1 amide bonds. The number of halogens is 1. The fourth-order valence-corrected chi connectivity index (χ4v) is 5.55. The van der Waals surface area contributed by atoms with Gasteiger partial charge in [0.05, 0.1) is 34.6 Å². The average molecular weight is 429 g/mol. The minimum absolute atomic E-state index is 0.126. The van der Waals surface area contributed by atoms with E-state index < -0.39 is 10.0 Å². The third kappa shape index (κ3) is 4.43. The Kier molecular flexibility index (Phi) is 6.50. The van der Waals surface area contributed by atoms with Gasteiger partial charge in [0.1, 0.15) is 0 Å². The summed E-state index contributed by atoms with van der Waals surface area (Å²) in [5.41, 5.74) is 0.830. The Morgan fingerprint density at radius 2 is 1.89 bits per heavy atom.